The Hall–Kier alpha value is -1.62. The van der Waals surface area contributed by atoms with E-state index in [0.29, 0.717) is 18.6 Å². The topological polar surface area (TPSA) is 61.8 Å². The Balaban J connectivity index is 2.10. The summed E-state index contributed by atoms with van der Waals surface area (Å²) in [5.41, 5.74) is 1.73. The first-order valence-corrected chi connectivity index (χ1v) is 5.43. The molecular weight excluding hydrogens is 224 g/mol. The molecule has 0 spiro atoms. The van der Waals surface area contributed by atoms with Crippen LogP contribution >= 0.6 is 0 Å². The monoisotopic (exact) mass is 238 g/mol. The van der Waals surface area contributed by atoms with Crippen molar-refractivity contribution in [2.45, 2.75) is 32.7 Å². The summed E-state index contributed by atoms with van der Waals surface area (Å²) in [6.07, 6.45) is 2.85. The van der Waals surface area contributed by atoms with Gasteiger partial charge in [-0.15, -0.1) is 0 Å². The fourth-order valence-electron chi connectivity index (χ4n) is 1.80. The Morgan fingerprint density at radius 3 is 2.88 bits per heavy atom. The van der Waals surface area contributed by atoms with Gasteiger partial charge in [-0.3, -0.25) is 4.79 Å². The maximum atomic E-state index is 11.2. The molecule has 0 radical (unpaired) electrons. The number of ether oxygens (including phenoxy) is 3. The molecule has 17 heavy (non-hydrogen) atoms. The molecule has 92 valence electrons. The Morgan fingerprint density at radius 1 is 1.53 bits per heavy atom. The van der Waals surface area contributed by atoms with Gasteiger partial charge in [-0.2, -0.15) is 0 Å². The van der Waals surface area contributed by atoms with Gasteiger partial charge in [0.15, 0.2) is 0 Å². The van der Waals surface area contributed by atoms with Crippen LogP contribution in [-0.4, -0.2) is 30.9 Å². The normalized spacial score (nSPS) is 28.2. The summed E-state index contributed by atoms with van der Waals surface area (Å²) in [4.78, 5) is 22.1. The molecule has 2 atom stereocenters. The molecule has 0 fully saturated rings. The van der Waals surface area contributed by atoms with Crippen molar-refractivity contribution in [3.8, 4) is 0 Å². The molecule has 2 heterocycles. The molecule has 0 saturated heterocycles. The molecular formula is C12H14O5. The Bertz CT molecular complexity index is 407. The van der Waals surface area contributed by atoms with Gasteiger partial charge in [0.25, 0.3) is 6.29 Å². The Kier molecular flexibility index (Phi) is 3.28. The molecule has 5 heteroatoms. The second-order valence-corrected chi connectivity index (χ2v) is 4.11. The zero-order valence-electron chi connectivity index (χ0n) is 9.76. The fraction of sp³-hybridized carbons (Fsp3) is 0.500. The zero-order valence-corrected chi connectivity index (χ0v) is 9.76. The molecule has 0 aliphatic carbocycles. The summed E-state index contributed by atoms with van der Waals surface area (Å²) in [5.74, 6) is -0.987. The third kappa shape index (κ3) is 2.74. The van der Waals surface area contributed by atoms with E-state index in [4.69, 9.17) is 14.2 Å². The maximum absolute atomic E-state index is 11.2. The van der Waals surface area contributed by atoms with E-state index in [1.165, 1.54) is 13.0 Å². The van der Waals surface area contributed by atoms with Crippen LogP contribution in [0.1, 0.15) is 20.3 Å². The summed E-state index contributed by atoms with van der Waals surface area (Å²) >= 11 is 0. The van der Waals surface area contributed by atoms with Gasteiger partial charge < -0.3 is 14.2 Å². The zero-order chi connectivity index (χ0) is 12.4. The van der Waals surface area contributed by atoms with Gasteiger partial charge in [-0.1, -0.05) is 11.6 Å². The van der Waals surface area contributed by atoms with Crippen LogP contribution in [0.25, 0.3) is 0 Å². The lowest BCUT2D eigenvalue weighted by molar-refractivity contribution is -0.173. The van der Waals surface area contributed by atoms with Crippen molar-refractivity contribution in [1.29, 1.82) is 0 Å². The molecule has 2 rings (SSSR count). The molecule has 5 nitrogen and oxygen atoms in total. The van der Waals surface area contributed by atoms with Crippen molar-refractivity contribution >= 4 is 11.9 Å². The van der Waals surface area contributed by atoms with Gasteiger partial charge in [0.2, 0.25) is 0 Å². The lowest BCUT2D eigenvalue weighted by atomic mass is 10.0. The van der Waals surface area contributed by atoms with Crippen LogP contribution in [0.2, 0.25) is 0 Å². The van der Waals surface area contributed by atoms with E-state index >= 15 is 0 Å². The largest absolute Gasteiger partial charge is 0.421 e. The first-order valence-electron chi connectivity index (χ1n) is 5.43. The quantitative estimate of drug-likeness (QED) is 0.532. The van der Waals surface area contributed by atoms with Gasteiger partial charge in [0.1, 0.15) is 0 Å². The third-order valence-corrected chi connectivity index (χ3v) is 2.62. The second kappa shape index (κ2) is 4.71. The Morgan fingerprint density at radius 2 is 2.29 bits per heavy atom. The predicted molar refractivity (Wildman–Crippen MR) is 57.8 cm³/mol. The number of carbonyl (C=O) groups is 2. The number of carbonyl (C=O) groups excluding carboxylic acids is 2. The predicted octanol–water partition coefficient (Wildman–Crippen LogP) is 1.09. The van der Waals surface area contributed by atoms with Crippen LogP contribution in [-0.2, 0) is 23.8 Å². The summed E-state index contributed by atoms with van der Waals surface area (Å²) < 4.78 is 15.4. The molecule has 0 aromatic heterocycles. The summed E-state index contributed by atoms with van der Waals surface area (Å²) in [6.45, 7) is 3.77. The first kappa shape index (κ1) is 11.9. The minimum absolute atomic E-state index is 0.255. The van der Waals surface area contributed by atoms with Crippen LogP contribution in [0.15, 0.2) is 23.3 Å². The smallest absolute Gasteiger partial charge is 0.334 e. The van der Waals surface area contributed by atoms with Crippen molar-refractivity contribution in [2.24, 2.45) is 0 Å². The van der Waals surface area contributed by atoms with E-state index in [9.17, 15) is 9.59 Å². The number of rotatable bonds is 2. The molecule has 0 saturated carbocycles. The van der Waals surface area contributed by atoms with Gasteiger partial charge in [-0.05, 0) is 13.3 Å². The number of esters is 2. The van der Waals surface area contributed by atoms with Gasteiger partial charge in [0.05, 0.1) is 12.7 Å². The SMILES string of the molecule is CC(=O)O[C@H]1OC(=O)C=C1[C@H]1CC=C(C)CO1. The molecule has 0 bridgehead atoms. The number of hydrogen-bond donors (Lipinski definition) is 0. The van der Waals surface area contributed by atoms with Crippen molar-refractivity contribution in [2.75, 3.05) is 6.61 Å². The number of cyclic esters (lactones) is 1. The summed E-state index contributed by atoms with van der Waals surface area (Å²) in [5, 5.41) is 0. The number of hydrogen-bond acceptors (Lipinski definition) is 5. The molecule has 0 amide bonds. The van der Waals surface area contributed by atoms with Crippen LogP contribution in [0.3, 0.4) is 0 Å². The van der Waals surface area contributed by atoms with Crippen molar-refractivity contribution in [1.82, 2.24) is 0 Å². The Labute approximate surface area is 99.0 Å². The van der Waals surface area contributed by atoms with E-state index in [-0.39, 0.29) is 6.10 Å². The minimum atomic E-state index is -0.934. The summed E-state index contributed by atoms with van der Waals surface area (Å²) in [6, 6.07) is 0. The van der Waals surface area contributed by atoms with Crippen molar-refractivity contribution in [3.05, 3.63) is 23.3 Å². The molecule has 2 aliphatic heterocycles. The lowest BCUT2D eigenvalue weighted by Gasteiger charge is -2.24. The lowest BCUT2D eigenvalue weighted by Crippen LogP contribution is -2.29. The van der Waals surface area contributed by atoms with Gasteiger partial charge >= 0.3 is 11.9 Å². The highest BCUT2D eigenvalue weighted by Crippen LogP contribution is 2.27. The third-order valence-electron chi connectivity index (χ3n) is 2.62. The highest BCUT2D eigenvalue weighted by atomic mass is 16.7. The van der Waals surface area contributed by atoms with Crippen LogP contribution in [0.4, 0.5) is 0 Å². The van der Waals surface area contributed by atoms with Crippen molar-refractivity contribution in [3.63, 3.8) is 0 Å². The molecule has 2 aliphatic rings. The molecule has 0 aromatic rings. The van der Waals surface area contributed by atoms with Crippen molar-refractivity contribution < 1.29 is 23.8 Å². The maximum Gasteiger partial charge on any atom is 0.334 e. The van der Waals surface area contributed by atoms with Gasteiger partial charge in [0, 0.05) is 18.6 Å². The van der Waals surface area contributed by atoms with Crippen LogP contribution in [0, 0.1) is 0 Å². The minimum Gasteiger partial charge on any atom is -0.421 e. The fourth-order valence-corrected chi connectivity index (χ4v) is 1.80. The van der Waals surface area contributed by atoms with Crippen LogP contribution < -0.4 is 0 Å². The standard InChI is InChI=1S/C12H14O5/c1-7-3-4-10(15-6-7)9-5-11(14)17-12(9)16-8(2)13/h3,5,10,12H,4,6H2,1-2H3/t10-,12+/m1/s1. The van der Waals surface area contributed by atoms with E-state index in [1.54, 1.807) is 0 Å². The van der Waals surface area contributed by atoms with Gasteiger partial charge in [-0.25, -0.2) is 4.79 Å². The molecule has 0 unspecified atom stereocenters. The average Bonchev–Trinajstić information content (AvgIpc) is 2.59. The molecule has 0 aromatic carbocycles. The highest BCUT2D eigenvalue weighted by Gasteiger charge is 2.35. The van der Waals surface area contributed by atoms with Crippen LogP contribution in [0.5, 0.6) is 0 Å². The first-order chi connectivity index (χ1) is 8.06. The van der Waals surface area contributed by atoms with E-state index in [2.05, 4.69) is 0 Å². The van der Waals surface area contributed by atoms with E-state index in [1.807, 2.05) is 13.0 Å². The van der Waals surface area contributed by atoms with E-state index in [0.717, 1.165) is 5.57 Å². The second-order valence-electron chi connectivity index (χ2n) is 4.11. The molecule has 0 N–H and O–H groups in total. The highest BCUT2D eigenvalue weighted by molar-refractivity contribution is 5.86. The average molecular weight is 238 g/mol. The van der Waals surface area contributed by atoms with E-state index < -0.39 is 18.2 Å². The summed E-state index contributed by atoms with van der Waals surface area (Å²) in [7, 11) is 0.